The maximum absolute atomic E-state index is 11.8. The fraction of sp³-hybridized carbons (Fsp3) is 0.222. The van der Waals surface area contributed by atoms with Gasteiger partial charge in [-0.3, -0.25) is 0 Å². The number of nitriles is 1. The maximum Gasteiger partial charge on any atom is 0.573 e. The summed E-state index contributed by atoms with van der Waals surface area (Å²) in [5, 5.41) is 8.40. The highest BCUT2D eigenvalue weighted by molar-refractivity contribution is 7.80. The number of halogens is 3. The van der Waals surface area contributed by atoms with E-state index in [0.717, 1.165) is 12.1 Å². The summed E-state index contributed by atoms with van der Waals surface area (Å²) in [4.78, 5) is 0.304. The molecule has 1 aromatic carbocycles. The molecule has 0 unspecified atom stereocenters. The molecule has 1 aromatic rings. The van der Waals surface area contributed by atoms with Gasteiger partial charge in [0.25, 0.3) is 0 Å². The molecule has 0 aliphatic heterocycles. The highest BCUT2D eigenvalue weighted by Gasteiger charge is 2.31. The third kappa shape index (κ3) is 3.72. The van der Waals surface area contributed by atoms with E-state index in [9.17, 15) is 13.2 Å². The third-order valence-electron chi connectivity index (χ3n) is 1.56. The number of thiol groups is 1. The lowest BCUT2D eigenvalue weighted by Gasteiger charge is -2.10. The lowest BCUT2D eigenvalue weighted by Crippen LogP contribution is -2.17. The molecule has 1 rings (SSSR count). The lowest BCUT2D eigenvalue weighted by atomic mass is 10.1. The van der Waals surface area contributed by atoms with Crippen LogP contribution in [-0.4, -0.2) is 6.36 Å². The summed E-state index contributed by atoms with van der Waals surface area (Å²) in [6.45, 7) is 0. The van der Waals surface area contributed by atoms with Crippen molar-refractivity contribution in [2.24, 2.45) is 0 Å². The number of hydrogen-bond donors (Lipinski definition) is 1. The van der Waals surface area contributed by atoms with Crippen molar-refractivity contribution in [3.8, 4) is 11.8 Å². The zero-order valence-electron chi connectivity index (χ0n) is 7.38. The van der Waals surface area contributed by atoms with Gasteiger partial charge in [0.15, 0.2) is 0 Å². The zero-order valence-corrected chi connectivity index (χ0v) is 8.27. The number of nitrogens with zero attached hydrogens (tertiary/aromatic N) is 1. The van der Waals surface area contributed by atoms with Crippen molar-refractivity contribution >= 4 is 12.6 Å². The first-order chi connectivity index (χ1) is 6.92. The Kier molecular flexibility index (Phi) is 3.48. The van der Waals surface area contributed by atoms with Crippen molar-refractivity contribution in [3.05, 3.63) is 23.8 Å². The maximum atomic E-state index is 11.8. The summed E-state index contributed by atoms with van der Waals surface area (Å²) >= 11 is 3.95. The van der Waals surface area contributed by atoms with Crippen LogP contribution < -0.4 is 4.74 Å². The molecule has 0 aliphatic carbocycles. The van der Waals surface area contributed by atoms with Crippen molar-refractivity contribution < 1.29 is 17.9 Å². The first-order valence-corrected chi connectivity index (χ1v) is 4.31. The molecule has 6 heteroatoms. The molecule has 0 spiro atoms. The quantitative estimate of drug-likeness (QED) is 0.796. The van der Waals surface area contributed by atoms with Gasteiger partial charge in [0.2, 0.25) is 0 Å². The monoisotopic (exact) mass is 233 g/mol. The number of hydrogen-bond acceptors (Lipinski definition) is 3. The molecule has 0 aliphatic rings. The van der Waals surface area contributed by atoms with E-state index in [4.69, 9.17) is 5.26 Å². The Hall–Kier alpha value is -1.35. The van der Waals surface area contributed by atoms with Gasteiger partial charge in [-0.05, 0) is 17.7 Å². The minimum Gasteiger partial charge on any atom is -0.406 e. The second kappa shape index (κ2) is 4.45. The van der Waals surface area contributed by atoms with Crippen LogP contribution in [0, 0.1) is 11.3 Å². The van der Waals surface area contributed by atoms with Gasteiger partial charge in [0, 0.05) is 4.90 Å². The van der Waals surface area contributed by atoms with Crippen LogP contribution in [0.4, 0.5) is 13.2 Å². The third-order valence-corrected chi connectivity index (χ3v) is 1.98. The molecule has 0 N–H and O–H groups in total. The molecule has 0 fully saturated rings. The van der Waals surface area contributed by atoms with E-state index in [0.29, 0.717) is 10.5 Å². The van der Waals surface area contributed by atoms with E-state index in [1.165, 1.54) is 6.07 Å². The molecule has 0 amide bonds. The van der Waals surface area contributed by atoms with Crippen molar-refractivity contribution in [1.29, 1.82) is 5.26 Å². The second-order valence-electron chi connectivity index (χ2n) is 2.67. The van der Waals surface area contributed by atoms with E-state index in [1.54, 1.807) is 0 Å². The Balaban J connectivity index is 2.88. The Morgan fingerprint density at radius 3 is 2.53 bits per heavy atom. The van der Waals surface area contributed by atoms with Crippen LogP contribution in [0.1, 0.15) is 5.56 Å². The Morgan fingerprint density at radius 1 is 1.40 bits per heavy atom. The van der Waals surface area contributed by atoms with Crippen molar-refractivity contribution in [2.45, 2.75) is 17.7 Å². The van der Waals surface area contributed by atoms with E-state index in [-0.39, 0.29) is 12.2 Å². The summed E-state index contributed by atoms with van der Waals surface area (Å²) in [5.74, 6) is -0.339. The Labute approximate surface area is 89.7 Å². The molecule has 0 heterocycles. The average Bonchev–Trinajstić information content (AvgIpc) is 2.07. The van der Waals surface area contributed by atoms with Crippen LogP contribution >= 0.6 is 12.6 Å². The van der Waals surface area contributed by atoms with E-state index in [2.05, 4.69) is 17.4 Å². The van der Waals surface area contributed by atoms with Gasteiger partial charge in [-0.25, -0.2) is 0 Å². The standard InChI is InChI=1S/C9H6F3NOS/c10-9(11,12)14-7-2-1-6(3-4-13)8(15)5-7/h1-2,5,15H,3H2. The van der Waals surface area contributed by atoms with Crippen molar-refractivity contribution in [3.63, 3.8) is 0 Å². The molecule has 0 saturated carbocycles. The predicted molar refractivity (Wildman–Crippen MR) is 49.7 cm³/mol. The van der Waals surface area contributed by atoms with Crippen LogP contribution in [0.5, 0.6) is 5.75 Å². The number of benzene rings is 1. The normalized spacial score (nSPS) is 10.9. The summed E-state index contributed by atoms with van der Waals surface area (Å²) in [5.41, 5.74) is 0.565. The smallest absolute Gasteiger partial charge is 0.406 e. The zero-order chi connectivity index (χ0) is 11.5. The fourth-order valence-electron chi connectivity index (χ4n) is 0.975. The fourth-order valence-corrected chi connectivity index (χ4v) is 1.26. The minimum absolute atomic E-state index is 0.102. The van der Waals surface area contributed by atoms with Crippen LogP contribution in [0.25, 0.3) is 0 Å². The van der Waals surface area contributed by atoms with Crippen LogP contribution in [0.15, 0.2) is 23.1 Å². The van der Waals surface area contributed by atoms with E-state index in [1.807, 2.05) is 6.07 Å². The van der Waals surface area contributed by atoms with Gasteiger partial charge in [0.1, 0.15) is 5.75 Å². The summed E-state index contributed by atoms with van der Waals surface area (Å²) < 4.78 is 39.2. The second-order valence-corrected chi connectivity index (χ2v) is 3.16. The number of alkyl halides is 3. The highest BCUT2D eigenvalue weighted by atomic mass is 32.1. The molecule has 0 saturated heterocycles. The SMILES string of the molecule is N#CCc1ccc(OC(F)(F)F)cc1S. The molecule has 2 nitrogen and oxygen atoms in total. The molecule has 0 radical (unpaired) electrons. The molecule has 0 aromatic heterocycles. The van der Waals surface area contributed by atoms with Crippen LogP contribution in [-0.2, 0) is 6.42 Å². The van der Waals surface area contributed by atoms with E-state index < -0.39 is 6.36 Å². The number of ether oxygens (including phenoxy) is 1. The first kappa shape index (κ1) is 11.7. The van der Waals surface area contributed by atoms with Crippen LogP contribution in [0.3, 0.4) is 0 Å². The minimum atomic E-state index is -4.71. The molecule has 15 heavy (non-hydrogen) atoms. The molecule has 80 valence electrons. The van der Waals surface area contributed by atoms with Gasteiger partial charge in [-0.2, -0.15) is 5.26 Å². The average molecular weight is 233 g/mol. The van der Waals surface area contributed by atoms with Gasteiger partial charge >= 0.3 is 6.36 Å². The van der Waals surface area contributed by atoms with Gasteiger partial charge < -0.3 is 4.74 Å². The molecule has 0 atom stereocenters. The van der Waals surface area contributed by atoms with Crippen molar-refractivity contribution in [2.75, 3.05) is 0 Å². The molecular weight excluding hydrogens is 227 g/mol. The van der Waals surface area contributed by atoms with Crippen LogP contribution in [0.2, 0.25) is 0 Å². The van der Waals surface area contributed by atoms with Gasteiger partial charge in [-0.1, -0.05) is 6.07 Å². The van der Waals surface area contributed by atoms with Crippen molar-refractivity contribution in [1.82, 2.24) is 0 Å². The lowest BCUT2D eigenvalue weighted by molar-refractivity contribution is -0.274. The Bertz CT molecular complexity index is 397. The summed E-state index contributed by atoms with van der Waals surface area (Å²) in [6.07, 6.45) is -4.61. The predicted octanol–water partition coefficient (Wildman–Crippen LogP) is 2.94. The molecule has 0 bridgehead atoms. The van der Waals surface area contributed by atoms with Gasteiger partial charge in [0.05, 0.1) is 12.5 Å². The number of rotatable bonds is 2. The Morgan fingerprint density at radius 2 is 2.07 bits per heavy atom. The van der Waals surface area contributed by atoms with Gasteiger partial charge in [-0.15, -0.1) is 25.8 Å². The summed E-state index contributed by atoms with van der Waals surface area (Å²) in [6, 6.07) is 5.54. The summed E-state index contributed by atoms with van der Waals surface area (Å²) in [7, 11) is 0. The first-order valence-electron chi connectivity index (χ1n) is 3.87. The van der Waals surface area contributed by atoms with E-state index >= 15 is 0 Å². The topological polar surface area (TPSA) is 33.0 Å². The highest BCUT2D eigenvalue weighted by Crippen LogP contribution is 2.26. The largest absolute Gasteiger partial charge is 0.573 e. The molecular formula is C9H6F3NOS.